The van der Waals surface area contributed by atoms with Crippen LogP contribution in [-0.4, -0.2) is 46.5 Å². The summed E-state index contributed by atoms with van der Waals surface area (Å²) in [4.78, 5) is 33.3. The van der Waals surface area contributed by atoms with Crippen LogP contribution in [0.4, 0.5) is 18.9 Å². The van der Waals surface area contributed by atoms with Gasteiger partial charge in [0.25, 0.3) is 5.56 Å². The molecule has 152 valence electrons. The first kappa shape index (κ1) is 19.4. The molecule has 4 rings (SSSR count). The smallest absolute Gasteiger partial charge is 0.368 e. The largest absolute Gasteiger partial charge is 0.416 e. The SMILES string of the molecule is O=C(Cn1cnc2sccc2c1=O)N1CCN(c2cccc(C(F)(F)F)c2)CC1. The van der Waals surface area contributed by atoms with Gasteiger partial charge in [-0.15, -0.1) is 11.3 Å². The topological polar surface area (TPSA) is 58.4 Å². The molecular weight excluding hydrogens is 405 g/mol. The Balaban J connectivity index is 1.41. The summed E-state index contributed by atoms with van der Waals surface area (Å²) in [5.41, 5.74) is -0.466. The Labute approximate surface area is 167 Å². The number of benzene rings is 1. The highest BCUT2D eigenvalue weighted by Crippen LogP contribution is 2.31. The number of nitrogens with zero attached hydrogens (tertiary/aromatic N) is 4. The Kier molecular flexibility index (Phi) is 5.03. The van der Waals surface area contributed by atoms with Crippen molar-refractivity contribution in [2.75, 3.05) is 31.1 Å². The van der Waals surface area contributed by atoms with E-state index in [0.717, 1.165) is 12.1 Å². The van der Waals surface area contributed by atoms with Crippen molar-refractivity contribution in [2.24, 2.45) is 0 Å². The molecule has 0 saturated carbocycles. The standard InChI is InChI=1S/C19H17F3N4O2S/c20-19(21,22)13-2-1-3-14(10-13)24-5-7-25(8-6-24)16(27)11-26-12-23-17-15(18(26)28)4-9-29-17/h1-4,9-10,12H,5-8,11H2. The third-order valence-corrected chi connectivity index (χ3v) is 5.75. The maximum absolute atomic E-state index is 12.9. The quantitative estimate of drug-likeness (QED) is 0.652. The van der Waals surface area contributed by atoms with E-state index in [0.29, 0.717) is 42.1 Å². The molecule has 3 aromatic rings. The number of hydrogen-bond acceptors (Lipinski definition) is 5. The lowest BCUT2D eigenvalue weighted by molar-refractivity contribution is -0.137. The number of aromatic nitrogens is 2. The van der Waals surface area contributed by atoms with Gasteiger partial charge in [0, 0.05) is 31.9 Å². The number of piperazine rings is 1. The lowest BCUT2D eigenvalue weighted by atomic mass is 10.1. The molecule has 10 heteroatoms. The maximum Gasteiger partial charge on any atom is 0.416 e. The Hall–Kier alpha value is -2.88. The summed E-state index contributed by atoms with van der Waals surface area (Å²) >= 11 is 1.36. The minimum Gasteiger partial charge on any atom is -0.368 e. The normalized spacial score (nSPS) is 15.1. The molecule has 0 aliphatic carbocycles. The van der Waals surface area contributed by atoms with Crippen LogP contribution in [0.5, 0.6) is 0 Å². The van der Waals surface area contributed by atoms with Crippen LogP contribution in [0, 0.1) is 0 Å². The molecule has 2 aromatic heterocycles. The molecule has 0 bridgehead atoms. The summed E-state index contributed by atoms with van der Waals surface area (Å²) in [5, 5.41) is 2.26. The highest BCUT2D eigenvalue weighted by molar-refractivity contribution is 7.16. The molecular formula is C19H17F3N4O2S. The second-order valence-corrected chi connectivity index (χ2v) is 7.63. The molecule has 1 aliphatic rings. The van der Waals surface area contributed by atoms with Gasteiger partial charge in [0.2, 0.25) is 5.91 Å². The highest BCUT2D eigenvalue weighted by atomic mass is 32.1. The number of amides is 1. The van der Waals surface area contributed by atoms with Gasteiger partial charge in [-0.05, 0) is 29.6 Å². The van der Waals surface area contributed by atoms with Crippen LogP contribution in [0.2, 0.25) is 0 Å². The number of hydrogen-bond donors (Lipinski definition) is 0. The van der Waals surface area contributed by atoms with Crippen molar-refractivity contribution in [1.29, 1.82) is 0 Å². The van der Waals surface area contributed by atoms with Gasteiger partial charge in [-0.25, -0.2) is 4.98 Å². The van der Waals surface area contributed by atoms with E-state index in [1.807, 2.05) is 4.90 Å². The molecule has 1 fully saturated rings. The van der Waals surface area contributed by atoms with Gasteiger partial charge in [0.15, 0.2) is 0 Å². The van der Waals surface area contributed by atoms with Crippen molar-refractivity contribution >= 4 is 33.1 Å². The Bertz CT molecular complexity index is 1100. The van der Waals surface area contributed by atoms with Crippen LogP contribution in [0.1, 0.15) is 5.56 Å². The van der Waals surface area contributed by atoms with Gasteiger partial charge in [0.05, 0.1) is 17.3 Å². The fourth-order valence-corrected chi connectivity index (χ4v) is 4.07. The van der Waals surface area contributed by atoms with Crippen LogP contribution in [0.25, 0.3) is 10.2 Å². The zero-order valence-corrected chi connectivity index (χ0v) is 16.0. The van der Waals surface area contributed by atoms with E-state index < -0.39 is 11.7 Å². The van der Waals surface area contributed by atoms with Crippen LogP contribution >= 0.6 is 11.3 Å². The van der Waals surface area contributed by atoms with Gasteiger partial charge in [-0.1, -0.05) is 6.07 Å². The third-order valence-electron chi connectivity index (χ3n) is 4.93. The Morgan fingerprint density at radius 2 is 1.90 bits per heavy atom. The maximum atomic E-state index is 12.9. The summed E-state index contributed by atoms with van der Waals surface area (Å²) in [5.74, 6) is -0.216. The monoisotopic (exact) mass is 422 g/mol. The van der Waals surface area contributed by atoms with Gasteiger partial charge in [0.1, 0.15) is 11.4 Å². The molecule has 3 heterocycles. The minimum absolute atomic E-state index is 0.110. The molecule has 1 aliphatic heterocycles. The van der Waals surface area contributed by atoms with Gasteiger partial charge >= 0.3 is 6.18 Å². The minimum atomic E-state index is -4.39. The van der Waals surface area contributed by atoms with Crippen LogP contribution in [0.3, 0.4) is 0 Å². The summed E-state index contributed by atoms with van der Waals surface area (Å²) in [6.45, 7) is 1.48. The van der Waals surface area contributed by atoms with E-state index >= 15 is 0 Å². The number of carbonyl (C=O) groups is 1. The molecule has 1 amide bonds. The first-order chi connectivity index (χ1) is 13.8. The lowest BCUT2D eigenvalue weighted by Crippen LogP contribution is -2.50. The van der Waals surface area contributed by atoms with Crippen LogP contribution < -0.4 is 10.5 Å². The second kappa shape index (κ2) is 7.51. The second-order valence-electron chi connectivity index (χ2n) is 6.73. The molecule has 29 heavy (non-hydrogen) atoms. The summed E-state index contributed by atoms with van der Waals surface area (Å²) in [6, 6.07) is 6.87. The predicted molar refractivity (Wildman–Crippen MR) is 104 cm³/mol. The molecule has 6 nitrogen and oxygen atoms in total. The molecule has 0 spiro atoms. The fraction of sp³-hybridized carbons (Fsp3) is 0.316. The van der Waals surface area contributed by atoms with E-state index in [-0.39, 0.29) is 18.0 Å². The van der Waals surface area contributed by atoms with Crippen LogP contribution in [0.15, 0.2) is 46.8 Å². The van der Waals surface area contributed by atoms with E-state index in [2.05, 4.69) is 4.98 Å². The Morgan fingerprint density at radius 1 is 1.14 bits per heavy atom. The van der Waals surface area contributed by atoms with Crippen molar-refractivity contribution in [2.45, 2.75) is 12.7 Å². The number of rotatable bonds is 3. The number of anilines is 1. The van der Waals surface area contributed by atoms with E-state index in [4.69, 9.17) is 0 Å². The molecule has 1 saturated heterocycles. The zero-order valence-electron chi connectivity index (χ0n) is 15.2. The van der Waals surface area contributed by atoms with Gasteiger partial charge in [-0.3, -0.25) is 14.2 Å². The van der Waals surface area contributed by atoms with Crippen molar-refractivity contribution < 1.29 is 18.0 Å². The summed E-state index contributed by atoms with van der Waals surface area (Å²) in [6.07, 6.45) is -3.02. The van der Waals surface area contributed by atoms with Crippen molar-refractivity contribution in [3.8, 4) is 0 Å². The fourth-order valence-electron chi connectivity index (χ4n) is 3.34. The van der Waals surface area contributed by atoms with E-state index in [9.17, 15) is 22.8 Å². The number of fused-ring (bicyclic) bond motifs is 1. The van der Waals surface area contributed by atoms with Gasteiger partial charge < -0.3 is 9.80 Å². The Morgan fingerprint density at radius 3 is 2.62 bits per heavy atom. The number of thiophene rings is 1. The molecule has 1 aromatic carbocycles. The van der Waals surface area contributed by atoms with E-state index in [1.54, 1.807) is 22.4 Å². The van der Waals surface area contributed by atoms with Crippen LogP contribution in [-0.2, 0) is 17.5 Å². The average Bonchev–Trinajstić information content (AvgIpc) is 3.19. The molecule has 0 N–H and O–H groups in total. The van der Waals surface area contributed by atoms with Crippen molar-refractivity contribution in [3.63, 3.8) is 0 Å². The van der Waals surface area contributed by atoms with Crippen molar-refractivity contribution in [1.82, 2.24) is 14.5 Å². The predicted octanol–water partition coefficient (Wildman–Crippen LogP) is 2.83. The third kappa shape index (κ3) is 3.98. The van der Waals surface area contributed by atoms with E-state index in [1.165, 1.54) is 28.3 Å². The first-order valence-corrected chi connectivity index (χ1v) is 9.83. The van der Waals surface area contributed by atoms with Crippen molar-refractivity contribution in [3.05, 3.63) is 58.0 Å². The summed E-state index contributed by atoms with van der Waals surface area (Å²) < 4.78 is 40.0. The number of alkyl halides is 3. The zero-order chi connectivity index (χ0) is 20.6. The first-order valence-electron chi connectivity index (χ1n) is 8.95. The number of halogens is 3. The molecule has 0 unspecified atom stereocenters. The van der Waals surface area contributed by atoms with Gasteiger partial charge in [-0.2, -0.15) is 13.2 Å². The summed E-state index contributed by atoms with van der Waals surface area (Å²) in [7, 11) is 0. The number of carbonyl (C=O) groups excluding carboxylic acids is 1. The lowest BCUT2D eigenvalue weighted by Gasteiger charge is -2.36. The molecule has 0 atom stereocenters. The highest BCUT2D eigenvalue weighted by Gasteiger charge is 2.31. The average molecular weight is 422 g/mol. The molecule has 0 radical (unpaired) electrons.